The van der Waals surface area contributed by atoms with E-state index in [0.717, 1.165) is 6.07 Å². The number of aliphatic imine (C=N–C) groups is 1. The van der Waals surface area contributed by atoms with Crippen molar-refractivity contribution in [3.63, 3.8) is 0 Å². The van der Waals surface area contributed by atoms with Crippen LogP contribution in [0.5, 0.6) is 0 Å². The van der Waals surface area contributed by atoms with Crippen molar-refractivity contribution in [3.8, 4) is 0 Å². The van der Waals surface area contributed by atoms with Gasteiger partial charge in [0, 0.05) is 30.1 Å². The largest absolute Gasteiger partial charge is 0.357 e. The number of nitrogens with zero attached hydrogens (tertiary/aromatic N) is 1. The maximum Gasteiger partial charge on any atom is 0.225 e. The van der Waals surface area contributed by atoms with E-state index in [1.165, 1.54) is 12.1 Å². The van der Waals surface area contributed by atoms with Crippen molar-refractivity contribution in [2.45, 2.75) is 40.7 Å². The molecule has 0 spiro atoms. The van der Waals surface area contributed by atoms with Gasteiger partial charge in [0.25, 0.3) is 0 Å². The number of halogens is 3. The van der Waals surface area contributed by atoms with Crippen LogP contribution in [0.25, 0.3) is 0 Å². The second-order valence-corrected chi connectivity index (χ2v) is 6.80. The summed E-state index contributed by atoms with van der Waals surface area (Å²) in [5, 5.41) is 8.96. The molecule has 8 heteroatoms. The van der Waals surface area contributed by atoms with Gasteiger partial charge >= 0.3 is 0 Å². The first kappa shape index (κ1) is 24.6. The van der Waals surface area contributed by atoms with E-state index in [-0.39, 0.29) is 35.9 Å². The predicted molar refractivity (Wildman–Crippen MR) is 112 cm³/mol. The molecule has 148 valence electrons. The Bertz CT molecular complexity index is 618. The molecule has 1 rings (SSSR count). The molecule has 0 saturated heterocycles. The van der Waals surface area contributed by atoms with E-state index in [0.29, 0.717) is 31.2 Å². The smallest absolute Gasteiger partial charge is 0.225 e. The number of carbonyl (C=O) groups is 1. The van der Waals surface area contributed by atoms with Crippen LogP contribution >= 0.6 is 24.0 Å². The third-order valence-corrected chi connectivity index (χ3v) is 3.47. The summed E-state index contributed by atoms with van der Waals surface area (Å²) in [5.74, 6) is -0.747. The SMILES string of the molecule is CCNC(=NCCNC(=O)C(C)(C)C)NC(C)c1ccc(F)cc1F.I. The maximum atomic E-state index is 13.9. The molecule has 0 aliphatic heterocycles. The van der Waals surface area contributed by atoms with Crippen LogP contribution in [0.15, 0.2) is 23.2 Å². The van der Waals surface area contributed by atoms with Gasteiger partial charge in [-0.2, -0.15) is 0 Å². The average Bonchev–Trinajstić information content (AvgIpc) is 2.50. The number of nitrogens with one attached hydrogen (secondary N) is 3. The third-order valence-electron chi connectivity index (χ3n) is 3.47. The summed E-state index contributed by atoms with van der Waals surface area (Å²) in [5.41, 5.74) is -0.0887. The molecular formula is C18H29F2IN4O. The number of hydrogen-bond acceptors (Lipinski definition) is 2. The monoisotopic (exact) mass is 482 g/mol. The summed E-state index contributed by atoms with van der Waals surface area (Å²) < 4.78 is 26.9. The van der Waals surface area contributed by atoms with Gasteiger partial charge in [0.2, 0.25) is 5.91 Å². The highest BCUT2D eigenvalue weighted by atomic mass is 127. The Morgan fingerprint density at radius 1 is 1.23 bits per heavy atom. The number of guanidine groups is 1. The number of rotatable bonds is 6. The summed E-state index contributed by atoms with van der Waals surface area (Å²) in [6.45, 7) is 10.6. The summed E-state index contributed by atoms with van der Waals surface area (Å²) in [6.07, 6.45) is 0. The van der Waals surface area contributed by atoms with Crippen molar-refractivity contribution in [3.05, 3.63) is 35.4 Å². The maximum absolute atomic E-state index is 13.9. The van der Waals surface area contributed by atoms with Gasteiger partial charge < -0.3 is 16.0 Å². The zero-order chi connectivity index (χ0) is 19.0. The molecular weight excluding hydrogens is 453 g/mol. The van der Waals surface area contributed by atoms with Gasteiger partial charge in [-0.3, -0.25) is 9.79 Å². The molecule has 0 saturated carbocycles. The molecule has 1 atom stereocenters. The van der Waals surface area contributed by atoms with Crippen LogP contribution in [0.4, 0.5) is 8.78 Å². The van der Waals surface area contributed by atoms with Crippen molar-refractivity contribution >= 4 is 35.8 Å². The molecule has 3 N–H and O–H groups in total. The topological polar surface area (TPSA) is 65.5 Å². The highest BCUT2D eigenvalue weighted by Gasteiger charge is 2.20. The molecule has 26 heavy (non-hydrogen) atoms. The van der Waals surface area contributed by atoms with E-state index in [1.807, 2.05) is 27.7 Å². The van der Waals surface area contributed by atoms with Crippen molar-refractivity contribution in [2.24, 2.45) is 10.4 Å². The molecule has 0 heterocycles. The van der Waals surface area contributed by atoms with Crippen LogP contribution in [0, 0.1) is 17.0 Å². The van der Waals surface area contributed by atoms with E-state index >= 15 is 0 Å². The molecule has 5 nitrogen and oxygen atoms in total. The molecule has 1 aromatic rings. The van der Waals surface area contributed by atoms with E-state index in [9.17, 15) is 13.6 Å². The molecule has 0 aliphatic rings. The standard InChI is InChI=1S/C18H28F2N4O.HI/c1-6-21-17(23-10-9-22-16(25)18(3,4)5)24-12(2)14-8-7-13(19)11-15(14)20;/h7-8,11-12H,6,9-10H2,1-5H3,(H,22,25)(H2,21,23,24);1H. The second-order valence-electron chi connectivity index (χ2n) is 6.80. The van der Waals surface area contributed by atoms with Gasteiger partial charge in [0.15, 0.2) is 5.96 Å². The number of benzene rings is 1. The molecule has 1 unspecified atom stereocenters. The second kappa shape index (κ2) is 11.3. The first-order chi connectivity index (χ1) is 11.6. The molecule has 0 radical (unpaired) electrons. The van der Waals surface area contributed by atoms with Crippen LogP contribution in [0.1, 0.15) is 46.2 Å². The van der Waals surface area contributed by atoms with Crippen LogP contribution in [0.2, 0.25) is 0 Å². The van der Waals surface area contributed by atoms with Crippen LogP contribution in [0.3, 0.4) is 0 Å². The molecule has 1 aromatic carbocycles. The Balaban J connectivity index is 0.00000625. The minimum absolute atomic E-state index is 0. The van der Waals surface area contributed by atoms with Gasteiger partial charge in [-0.05, 0) is 19.9 Å². The van der Waals surface area contributed by atoms with Crippen molar-refractivity contribution in [2.75, 3.05) is 19.6 Å². The first-order valence-corrected chi connectivity index (χ1v) is 8.43. The Kier molecular flexibility index (Phi) is 10.7. The first-order valence-electron chi connectivity index (χ1n) is 8.43. The number of carbonyl (C=O) groups excluding carboxylic acids is 1. The predicted octanol–water partition coefficient (Wildman–Crippen LogP) is 3.36. The van der Waals surface area contributed by atoms with Crippen LogP contribution in [-0.4, -0.2) is 31.5 Å². The third kappa shape index (κ3) is 8.29. The van der Waals surface area contributed by atoms with Gasteiger partial charge in [-0.1, -0.05) is 26.8 Å². The van der Waals surface area contributed by atoms with Gasteiger partial charge in [0.1, 0.15) is 11.6 Å². The molecule has 0 aromatic heterocycles. The lowest BCUT2D eigenvalue weighted by Crippen LogP contribution is -2.40. The van der Waals surface area contributed by atoms with E-state index in [2.05, 4.69) is 20.9 Å². The summed E-state index contributed by atoms with van der Waals surface area (Å²) in [7, 11) is 0. The fraction of sp³-hybridized carbons (Fsp3) is 0.556. The zero-order valence-electron chi connectivity index (χ0n) is 16.0. The van der Waals surface area contributed by atoms with E-state index < -0.39 is 17.0 Å². The Morgan fingerprint density at radius 2 is 1.88 bits per heavy atom. The lowest BCUT2D eigenvalue weighted by atomic mass is 9.96. The van der Waals surface area contributed by atoms with Gasteiger partial charge in [-0.15, -0.1) is 24.0 Å². The number of hydrogen-bond donors (Lipinski definition) is 3. The highest BCUT2D eigenvalue weighted by molar-refractivity contribution is 14.0. The minimum Gasteiger partial charge on any atom is -0.357 e. The fourth-order valence-corrected chi connectivity index (χ4v) is 2.06. The molecule has 1 amide bonds. The minimum atomic E-state index is -0.608. The van der Waals surface area contributed by atoms with Crippen LogP contribution in [-0.2, 0) is 4.79 Å². The fourth-order valence-electron chi connectivity index (χ4n) is 2.06. The number of amides is 1. The quantitative estimate of drug-likeness (QED) is 0.252. The zero-order valence-corrected chi connectivity index (χ0v) is 18.3. The van der Waals surface area contributed by atoms with E-state index in [1.54, 1.807) is 6.92 Å². The Hall–Kier alpha value is -1.45. The molecule has 0 aliphatic carbocycles. The van der Waals surface area contributed by atoms with Gasteiger partial charge in [-0.25, -0.2) is 8.78 Å². The Labute approximate surface area is 171 Å². The lowest BCUT2D eigenvalue weighted by Gasteiger charge is -2.19. The molecule has 0 bridgehead atoms. The molecule has 0 fully saturated rings. The average molecular weight is 482 g/mol. The summed E-state index contributed by atoms with van der Waals surface area (Å²) in [6, 6.07) is 3.11. The summed E-state index contributed by atoms with van der Waals surface area (Å²) in [4.78, 5) is 16.2. The van der Waals surface area contributed by atoms with Crippen molar-refractivity contribution in [1.29, 1.82) is 0 Å². The van der Waals surface area contributed by atoms with Crippen molar-refractivity contribution < 1.29 is 13.6 Å². The van der Waals surface area contributed by atoms with Crippen molar-refractivity contribution in [1.82, 2.24) is 16.0 Å². The van der Waals surface area contributed by atoms with Crippen LogP contribution < -0.4 is 16.0 Å². The van der Waals surface area contributed by atoms with Gasteiger partial charge in [0.05, 0.1) is 12.6 Å². The Morgan fingerprint density at radius 3 is 2.42 bits per heavy atom. The van der Waals surface area contributed by atoms with E-state index in [4.69, 9.17) is 0 Å². The highest BCUT2D eigenvalue weighted by Crippen LogP contribution is 2.17. The lowest BCUT2D eigenvalue weighted by molar-refractivity contribution is -0.128. The summed E-state index contributed by atoms with van der Waals surface area (Å²) >= 11 is 0. The normalized spacial score (nSPS) is 12.8.